The van der Waals surface area contributed by atoms with Gasteiger partial charge in [-0.3, -0.25) is 4.90 Å². The maximum absolute atomic E-state index is 9.37. The van der Waals surface area contributed by atoms with Crippen molar-refractivity contribution in [1.82, 2.24) is 14.5 Å². The number of aromatic nitrogens is 2. The summed E-state index contributed by atoms with van der Waals surface area (Å²) >= 11 is 7.22. The van der Waals surface area contributed by atoms with Gasteiger partial charge in [-0.2, -0.15) is 0 Å². The summed E-state index contributed by atoms with van der Waals surface area (Å²) in [5.41, 5.74) is 0.832. The van der Waals surface area contributed by atoms with E-state index >= 15 is 0 Å². The Balaban J connectivity index is 2.08. The molecule has 0 aromatic carbocycles. The van der Waals surface area contributed by atoms with Crippen LogP contribution in [0, 0.1) is 0 Å². The molecule has 0 amide bonds. The van der Waals surface area contributed by atoms with Crippen LogP contribution in [0.15, 0.2) is 0 Å². The van der Waals surface area contributed by atoms with Crippen LogP contribution in [0.3, 0.4) is 0 Å². The lowest BCUT2D eigenvalue weighted by molar-refractivity contribution is 0.0442. The minimum absolute atomic E-state index is 0.208. The second-order valence-corrected chi connectivity index (χ2v) is 5.64. The number of aliphatic hydroxyl groups is 1. The highest BCUT2D eigenvalue weighted by Gasteiger charge is 2.28. The number of rotatable bonds is 3. The Bertz CT molecular complexity index is 347. The average Bonchev–Trinajstić information content (AvgIpc) is 2.67. The minimum atomic E-state index is 0.208. The number of hydrogen-bond acceptors (Lipinski definition) is 5. The molecule has 4 nitrogen and oxygen atoms in total. The molecule has 2 heterocycles. The van der Waals surface area contributed by atoms with Crippen molar-refractivity contribution in [3.63, 3.8) is 0 Å². The Hall–Kier alpha value is -0.230. The van der Waals surface area contributed by atoms with E-state index in [4.69, 9.17) is 11.6 Å². The predicted octanol–water partition coefficient (Wildman–Crippen LogP) is 1.93. The Morgan fingerprint density at radius 1 is 1.56 bits per heavy atom. The van der Waals surface area contributed by atoms with Gasteiger partial charge in [-0.25, -0.2) is 0 Å². The van der Waals surface area contributed by atoms with Crippen LogP contribution in [0.25, 0.3) is 0 Å². The van der Waals surface area contributed by atoms with E-state index in [2.05, 4.69) is 21.4 Å². The van der Waals surface area contributed by atoms with E-state index in [0.717, 1.165) is 12.1 Å². The fourth-order valence-electron chi connectivity index (χ4n) is 2.29. The number of piperidine rings is 1. The first-order valence-electron chi connectivity index (χ1n) is 5.55. The summed E-state index contributed by atoms with van der Waals surface area (Å²) in [5.74, 6) is 0. The van der Waals surface area contributed by atoms with E-state index in [1.165, 1.54) is 24.4 Å². The van der Waals surface area contributed by atoms with Gasteiger partial charge in [-0.15, -0.1) is 5.10 Å². The third-order valence-electron chi connectivity index (χ3n) is 3.25. The molecule has 1 aliphatic heterocycles. The zero-order valence-corrected chi connectivity index (χ0v) is 10.8. The Labute approximate surface area is 104 Å². The van der Waals surface area contributed by atoms with Gasteiger partial charge in [0.1, 0.15) is 10.0 Å². The summed E-state index contributed by atoms with van der Waals surface area (Å²) in [6.45, 7) is 3.09. The summed E-state index contributed by atoms with van der Waals surface area (Å²) in [6, 6.07) is 0.713. The molecule has 90 valence electrons. The lowest BCUT2D eigenvalue weighted by Gasteiger charge is -2.39. The molecule has 0 radical (unpaired) electrons. The topological polar surface area (TPSA) is 49.2 Å². The molecule has 1 saturated heterocycles. The predicted molar refractivity (Wildman–Crippen MR) is 64.6 cm³/mol. The number of nitrogens with zero attached hydrogens (tertiary/aromatic N) is 3. The Morgan fingerprint density at radius 3 is 3.00 bits per heavy atom. The quantitative estimate of drug-likeness (QED) is 0.903. The van der Waals surface area contributed by atoms with Gasteiger partial charge >= 0.3 is 0 Å². The van der Waals surface area contributed by atoms with E-state index in [1.807, 2.05) is 0 Å². The second-order valence-electron chi connectivity index (χ2n) is 4.28. The van der Waals surface area contributed by atoms with Gasteiger partial charge in [-0.05, 0) is 19.8 Å². The van der Waals surface area contributed by atoms with Gasteiger partial charge in [0.2, 0.25) is 0 Å². The molecule has 1 aromatic heterocycles. The second kappa shape index (κ2) is 5.40. The first-order valence-corrected chi connectivity index (χ1v) is 6.71. The molecule has 1 N–H and O–H groups in total. The van der Waals surface area contributed by atoms with Gasteiger partial charge in [0.05, 0.1) is 6.61 Å². The summed E-state index contributed by atoms with van der Waals surface area (Å²) in [7, 11) is 0. The minimum Gasteiger partial charge on any atom is -0.395 e. The maximum atomic E-state index is 9.37. The lowest BCUT2D eigenvalue weighted by atomic mass is 9.97. The number of halogens is 1. The molecule has 0 aliphatic carbocycles. The number of hydrogen-bond donors (Lipinski definition) is 1. The van der Waals surface area contributed by atoms with Gasteiger partial charge in [-0.1, -0.05) is 22.5 Å². The van der Waals surface area contributed by atoms with Crippen LogP contribution in [-0.4, -0.2) is 38.3 Å². The van der Waals surface area contributed by atoms with Crippen molar-refractivity contribution in [3.8, 4) is 0 Å². The van der Waals surface area contributed by atoms with Crippen molar-refractivity contribution in [2.24, 2.45) is 0 Å². The third kappa shape index (κ3) is 2.53. The largest absolute Gasteiger partial charge is 0.395 e. The zero-order valence-electron chi connectivity index (χ0n) is 9.27. The van der Waals surface area contributed by atoms with Gasteiger partial charge in [0, 0.05) is 30.2 Å². The Morgan fingerprint density at radius 2 is 2.38 bits per heavy atom. The lowest BCUT2D eigenvalue weighted by Crippen LogP contribution is -2.46. The van der Waals surface area contributed by atoms with Crippen LogP contribution < -0.4 is 0 Å². The van der Waals surface area contributed by atoms with E-state index < -0.39 is 0 Å². The zero-order chi connectivity index (χ0) is 11.5. The van der Waals surface area contributed by atoms with Gasteiger partial charge < -0.3 is 5.11 Å². The normalized spacial score (nSPS) is 27.2. The van der Waals surface area contributed by atoms with Crippen molar-refractivity contribution in [2.45, 2.75) is 44.8 Å². The molecular formula is C10H16ClN3OS. The highest BCUT2D eigenvalue weighted by atomic mass is 35.5. The van der Waals surface area contributed by atoms with Crippen molar-refractivity contribution in [1.29, 1.82) is 0 Å². The maximum Gasteiger partial charge on any atom is 0.138 e. The van der Waals surface area contributed by atoms with Crippen LogP contribution in [-0.2, 0) is 6.54 Å². The fourth-order valence-corrected chi connectivity index (χ4v) is 2.90. The van der Waals surface area contributed by atoms with Crippen LogP contribution in [0.1, 0.15) is 31.9 Å². The SMILES string of the molecule is CC1CCCC(CO)N1Cc1nnsc1Cl. The monoisotopic (exact) mass is 261 g/mol. The molecule has 2 unspecified atom stereocenters. The highest BCUT2D eigenvalue weighted by molar-refractivity contribution is 7.10. The molecule has 1 aliphatic rings. The molecule has 1 fully saturated rings. The highest BCUT2D eigenvalue weighted by Crippen LogP contribution is 2.27. The Kier molecular flexibility index (Phi) is 4.13. The van der Waals surface area contributed by atoms with Crippen molar-refractivity contribution in [3.05, 3.63) is 10.0 Å². The molecule has 0 bridgehead atoms. The first-order chi connectivity index (χ1) is 7.72. The summed E-state index contributed by atoms with van der Waals surface area (Å²) in [4.78, 5) is 2.28. The van der Waals surface area contributed by atoms with Crippen molar-refractivity contribution < 1.29 is 5.11 Å². The molecule has 2 rings (SSSR count). The summed E-state index contributed by atoms with van der Waals surface area (Å²) in [5, 5.41) is 13.4. The van der Waals surface area contributed by atoms with E-state index in [-0.39, 0.29) is 12.6 Å². The molecule has 0 spiro atoms. The molecule has 2 atom stereocenters. The standard InChI is InChI=1S/C10H16ClN3OS/c1-7-3-2-4-8(6-15)14(7)5-9-10(11)16-13-12-9/h7-8,15H,2-6H2,1H3. The van der Waals surface area contributed by atoms with Crippen LogP contribution in [0.2, 0.25) is 4.34 Å². The van der Waals surface area contributed by atoms with E-state index in [0.29, 0.717) is 16.9 Å². The van der Waals surface area contributed by atoms with Crippen molar-refractivity contribution >= 4 is 23.1 Å². The molecular weight excluding hydrogens is 246 g/mol. The fraction of sp³-hybridized carbons (Fsp3) is 0.800. The van der Waals surface area contributed by atoms with E-state index in [1.54, 1.807) is 0 Å². The van der Waals surface area contributed by atoms with E-state index in [9.17, 15) is 5.11 Å². The number of likely N-dealkylation sites (tertiary alicyclic amines) is 1. The molecule has 6 heteroatoms. The molecule has 0 saturated carbocycles. The van der Waals surface area contributed by atoms with Gasteiger partial charge in [0.15, 0.2) is 0 Å². The summed E-state index contributed by atoms with van der Waals surface area (Å²) < 4.78 is 4.50. The molecule has 16 heavy (non-hydrogen) atoms. The van der Waals surface area contributed by atoms with Crippen LogP contribution in [0.5, 0.6) is 0 Å². The average molecular weight is 262 g/mol. The van der Waals surface area contributed by atoms with Crippen LogP contribution in [0.4, 0.5) is 0 Å². The first kappa shape index (κ1) is 12.2. The molecule has 1 aromatic rings. The van der Waals surface area contributed by atoms with Crippen molar-refractivity contribution in [2.75, 3.05) is 6.61 Å². The summed E-state index contributed by atoms with van der Waals surface area (Å²) in [6.07, 6.45) is 3.41. The van der Waals surface area contributed by atoms with Gasteiger partial charge in [0.25, 0.3) is 0 Å². The van der Waals surface area contributed by atoms with Crippen LogP contribution >= 0.6 is 23.1 Å². The smallest absolute Gasteiger partial charge is 0.138 e. The number of aliphatic hydroxyl groups excluding tert-OH is 1. The third-order valence-corrected chi connectivity index (χ3v) is 4.23.